The summed E-state index contributed by atoms with van der Waals surface area (Å²) in [5.41, 5.74) is 0.724. The van der Waals surface area contributed by atoms with Crippen molar-refractivity contribution in [3.8, 4) is 6.07 Å². The molecule has 5 atom stereocenters. The molecule has 100 valence electrons. The van der Waals surface area contributed by atoms with Gasteiger partial charge in [-0.05, 0) is 42.9 Å². The Morgan fingerprint density at radius 2 is 1.94 bits per heavy atom. The topological polar surface area (TPSA) is 36.3 Å². The predicted octanol–water partition coefficient (Wildman–Crippen LogP) is 3.91. The second kappa shape index (κ2) is 3.51. The second-order valence-electron chi connectivity index (χ2n) is 7.84. The molecule has 0 aromatic carbocycles. The molecule has 3 aliphatic rings. The van der Waals surface area contributed by atoms with Crippen molar-refractivity contribution in [2.24, 2.45) is 22.7 Å². The third-order valence-corrected chi connectivity index (χ3v) is 6.49. The Kier molecular flexibility index (Phi) is 2.43. The van der Waals surface area contributed by atoms with Crippen molar-refractivity contribution in [3.63, 3.8) is 0 Å². The van der Waals surface area contributed by atoms with Crippen molar-refractivity contribution in [1.29, 1.82) is 5.26 Å². The monoisotopic (exact) mass is 247 g/mol. The Balaban J connectivity index is 2.00. The lowest BCUT2D eigenvalue weighted by Crippen LogP contribution is -2.54. The van der Waals surface area contributed by atoms with Crippen molar-refractivity contribution < 1.29 is 4.74 Å². The maximum atomic E-state index is 9.20. The molecular formula is C16H25NO. The van der Waals surface area contributed by atoms with Crippen LogP contribution in [0.5, 0.6) is 0 Å². The van der Waals surface area contributed by atoms with Crippen LogP contribution in [0.1, 0.15) is 59.8 Å². The predicted molar refractivity (Wildman–Crippen MR) is 70.8 cm³/mol. The van der Waals surface area contributed by atoms with Crippen molar-refractivity contribution in [2.45, 2.75) is 71.5 Å². The fourth-order valence-corrected chi connectivity index (χ4v) is 5.43. The van der Waals surface area contributed by atoms with E-state index in [0.717, 1.165) is 5.92 Å². The highest BCUT2D eigenvalue weighted by Crippen LogP contribution is 2.68. The molecule has 1 aliphatic heterocycles. The highest BCUT2D eigenvalue weighted by Gasteiger charge is 2.69. The van der Waals surface area contributed by atoms with Gasteiger partial charge in [0.25, 0.3) is 0 Å². The second-order valence-corrected chi connectivity index (χ2v) is 7.84. The minimum Gasteiger partial charge on any atom is -0.366 e. The third-order valence-electron chi connectivity index (χ3n) is 6.49. The molecule has 0 spiro atoms. The summed E-state index contributed by atoms with van der Waals surface area (Å²) in [6.07, 6.45) is 6.21. The molecule has 0 aromatic rings. The SMILES string of the molecule is CC1(C)CCC[C@]2(C)[C@@H](CC#N)[C@]3(C)O[C@@H]3C[C@@H]12. The molecular weight excluding hydrogens is 222 g/mol. The summed E-state index contributed by atoms with van der Waals surface area (Å²) in [5, 5.41) is 9.20. The van der Waals surface area contributed by atoms with Gasteiger partial charge in [0.1, 0.15) is 0 Å². The summed E-state index contributed by atoms with van der Waals surface area (Å²) in [5.74, 6) is 1.15. The van der Waals surface area contributed by atoms with Crippen molar-refractivity contribution in [1.82, 2.24) is 0 Å². The van der Waals surface area contributed by atoms with Gasteiger partial charge in [-0.25, -0.2) is 0 Å². The zero-order chi connectivity index (χ0) is 13.2. The van der Waals surface area contributed by atoms with Crippen molar-refractivity contribution >= 4 is 0 Å². The van der Waals surface area contributed by atoms with Crippen LogP contribution in [0.15, 0.2) is 0 Å². The molecule has 2 nitrogen and oxygen atoms in total. The molecule has 1 heterocycles. The van der Waals surface area contributed by atoms with E-state index < -0.39 is 0 Å². The molecule has 2 aliphatic carbocycles. The van der Waals surface area contributed by atoms with Gasteiger partial charge >= 0.3 is 0 Å². The van der Waals surface area contributed by atoms with E-state index in [1.807, 2.05) is 0 Å². The van der Waals surface area contributed by atoms with Gasteiger partial charge in [-0.3, -0.25) is 0 Å². The Labute approximate surface area is 111 Å². The van der Waals surface area contributed by atoms with Crippen LogP contribution in [0.25, 0.3) is 0 Å². The molecule has 0 radical (unpaired) electrons. The van der Waals surface area contributed by atoms with Crippen LogP contribution in [0.3, 0.4) is 0 Å². The van der Waals surface area contributed by atoms with Crippen LogP contribution in [0, 0.1) is 34.0 Å². The smallest absolute Gasteiger partial charge is 0.0963 e. The van der Waals surface area contributed by atoms with Crippen molar-refractivity contribution in [3.05, 3.63) is 0 Å². The molecule has 0 unspecified atom stereocenters. The van der Waals surface area contributed by atoms with Gasteiger partial charge in [-0.2, -0.15) is 5.26 Å². The molecule has 3 rings (SSSR count). The third kappa shape index (κ3) is 1.43. The number of ether oxygens (including phenoxy) is 1. The summed E-state index contributed by atoms with van der Waals surface area (Å²) < 4.78 is 6.03. The average Bonchev–Trinajstić information content (AvgIpc) is 2.92. The van der Waals surface area contributed by atoms with Crippen LogP contribution >= 0.6 is 0 Å². The lowest BCUT2D eigenvalue weighted by atomic mass is 9.46. The van der Waals surface area contributed by atoms with Gasteiger partial charge in [0.2, 0.25) is 0 Å². The van der Waals surface area contributed by atoms with E-state index in [1.165, 1.54) is 25.7 Å². The lowest BCUT2D eigenvalue weighted by molar-refractivity contribution is -0.0754. The van der Waals surface area contributed by atoms with E-state index in [9.17, 15) is 5.26 Å². The van der Waals surface area contributed by atoms with E-state index in [-0.39, 0.29) is 5.60 Å². The van der Waals surface area contributed by atoms with Crippen molar-refractivity contribution in [2.75, 3.05) is 0 Å². The highest BCUT2D eigenvalue weighted by atomic mass is 16.6. The minimum atomic E-state index is 0.00833. The standard InChI is InChI=1S/C16H25NO/c1-14(2)7-5-8-15(3)11(6-9-17)16(4)13(18-16)10-12(14)15/h11-13H,5-8,10H2,1-4H3/t11-,12+,13-,15-,16+/m1/s1. The molecule has 0 amide bonds. The number of epoxide rings is 1. The minimum absolute atomic E-state index is 0.00833. The Morgan fingerprint density at radius 3 is 2.61 bits per heavy atom. The molecule has 2 heteroatoms. The van der Waals surface area contributed by atoms with Crippen LogP contribution in [-0.2, 0) is 4.74 Å². The molecule has 2 saturated carbocycles. The Bertz CT molecular complexity index is 410. The summed E-state index contributed by atoms with van der Waals surface area (Å²) in [7, 11) is 0. The van der Waals surface area contributed by atoms with Gasteiger partial charge in [0, 0.05) is 12.3 Å². The maximum Gasteiger partial charge on any atom is 0.0963 e. The number of nitriles is 1. The van der Waals surface area contributed by atoms with E-state index >= 15 is 0 Å². The molecule has 0 aromatic heterocycles. The van der Waals surface area contributed by atoms with Crippen LogP contribution in [0.2, 0.25) is 0 Å². The van der Waals surface area contributed by atoms with Crippen LogP contribution < -0.4 is 0 Å². The quantitative estimate of drug-likeness (QED) is 0.659. The van der Waals surface area contributed by atoms with Crippen LogP contribution in [-0.4, -0.2) is 11.7 Å². The number of hydrogen-bond donors (Lipinski definition) is 0. The molecule has 0 N–H and O–H groups in total. The average molecular weight is 247 g/mol. The fourth-order valence-electron chi connectivity index (χ4n) is 5.43. The fraction of sp³-hybridized carbons (Fsp3) is 0.938. The normalized spacial score (nSPS) is 52.9. The molecule has 1 saturated heterocycles. The molecule has 0 bridgehead atoms. The van der Waals surface area contributed by atoms with Gasteiger partial charge in [0.15, 0.2) is 0 Å². The van der Waals surface area contributed by atoms with Crippen LogP contribution in [0.4, 0.5) is 0 Å². The molecule has 18 heavy (non-hydrogen) atoms. The first kappa shape index (κ1) is 12.5. The largest absolute Gasteiger partial charge is 0.366 e. The highest BCUT2D eigenvalue weighted by molar-refractivity contribution is 5.18. The number of rotatable bonds is 1. The summed E-state index contributed by atoms with van der Waals surface area (Å²) in [4.78, 5) is 0. The zero-order valence-corrected chi connectivity index (χ0v) is 12.1. The first-order valence-corrected chi connectivity index (χ1v) is 7.39. The summed E-state index contributed by atoms with van der Waals surface area (Å²) >= 11 is 0. The first-order valence-electron chi connectivity index (χ1n) is 7.39. The molecule has 3 fully saturated rings. The number of fused-ring (bicyclic) bond motifs is 2. The lowest BCUT2D eigenvalue weighted by Gasteiger charge is -2.57. The Morgan fingerprint density at radius 1 is 1.22 bits per heavy atom. The van der Waals surface area contributed by atoms with Gasteiger partial charge in [-0.15, -0.1) is 0 Å². The van der Waals surface area contributed by atoms with Gasteiger partial charge in [-0.1, -0.05) is 27.2 Å². The van der Waals surface area contributed by atoms with Gasteiger partial charge < -0.3 is 4.74 Å². The first-order chi connectivity index (χ1) is 8.34. The maximum absolute atomic E-state index is 9.20. The summed E-state index contributed by atoms with van der Waals surface area (Å²) in [6.45, 7) is 9.51. The van der Waals surface area contributed by atoms with E-state index in [2.05, 4.69) is 33.8 Å². The Hall–Kier alpha value is -0.550. The van der Waals surface area contributed by atoms with E-state index in [1.54, 1.807) is 0 Å². The van der Waals surface area contributed by atoms with E-state index in [4.69, 9.17) is 4.74 Å². The van der Waals surface area contributed by atoms with E-state index in [0.29, 0.717) is 29.3 Å². The van der Waals surface area contributed by atoms with Gasteiger partial charge in [0.05, 0.1) is 17.8 Å². The zero-order valence-electron chi connectivity index (χ0n) is 12.1. The summed E-state index contributed by atoms with van der Waals surface area (Å²) in [6, 6.07) is 2.43. The number of nitrogens with zero attached hydrogens (tertiary/aromatic N) is 1. The number of hydrogen-bond acceptors (Lipinski definition) is 2.